The van der Waals surface area contributed by atoms with Crippen LogP contribution >= 0.6 is 38.9 Å². The number of benzene rings is 1. The van der Waals surface area contributed by atoms with Crippen molar-refractivity contribution in [3.05, 3.63) is 55.4 Å². The molecule has 0 amide bonds. The number of hydrogen-bond donors (Lipinski definition) is 1. The van der Waals surface area contributed by atoms with Crippen molar-refractivity contribution in [2.24, 2.45) is 0 Å². The Labute approximate surface area is 116 Å². The van der Waals surface area contributed by atoms with Gasteiger partial charge in [0.05, 0.1) is 10.4 Å². The summed E-state index contributed by atoms with van der Waals surface area (Å²) in [4.78, 5) is 0.783. The highest BCUT2D eigenvalue weighted by Crippen LogP contribution is 2.30. The normalized spacial score (nSPS) is 12.7. The highest BCUT2D eigenvalue weighted by atomic mass is 79.9. The van der Waals surface area contributed by atoms with Crippen molar-refractivity contribution in [2.75, 3.05) is 0 Å². The lowest BCUT2D eigenvalue weighted by Crippen LogP contribution is -2.00. The van der Waals surface area contributed by atoms with E-state index in [4.69, 9.17) is 11.6 Å². The van der Waals surface area contributed by atoms with E-state index >= 15 is 0 Å². The van der Waals surface area contributed by atoms with Gasteiger partial charge in [0.15, 0.2) is 0 Å². The van der Waals surface area contributed by atoms with Gasteiger partial charge in [-0.2, -0.15) is 0 Å². The summed E-state index contributed by atoms with van der Waals surface area (Å²) in [7, 11) is 0. The van der Waals surface area contributed by atoms with Gasteiger partial charge in [0, 0.05) is 15.8 Å². The predicted octanol–water partition coefficient (Wildman–Crippen LogP) is 4.58. The van der Waals surface area contributed by atoms with Crippen molar-refractivity contribution in [1.82, 2.24) is 0 Å². The number of aliphatic hydroxyl groups excluding tert-OH is 1. The van der Waals surface area contributed by atoms with Gasteiger partial charge in [-0.05, 0) is 35.9 Å². The topological polar surface area (TPSA) is 20.2 Å². The number of hydrogen-bond acceptors (Lipinski definition) is 2. The standard InChI is InChI=1S/C12H9BrClFOS/c13-9-2-1-8(15)5-7(9)6-10(16)11-3-4-12(14)17-11/h1-5,10,16H,6H2. The molecule has 0 spiro atoms. The molecule has 1 aromatic carbocycles. The van der Waals surface area contributed by atoms with Crippen molar-refractivity contribution >= 4 is 38.9 Å². The summed E-state index contributed by atoms with van der Waals surface area (Å²) in [6.45, 7) is 0. The molecule has 1 unspecified atom stereocenters. The fourth-order valence-corrected chi connectivity index (χ4v) is 2.97. The second-order valence-corrected chi connectivity index (χ2v) is 6.20. The molecule has 1 aromatic heterocycles. The highest BCUT2D eigenvalue weighted by molar-refractivity contribution is 9.10. The molecule has 90 valence electrons. The summed E-state index contributed by atoms with van der Waals surface area (Å²) < 4.78 is 14.5. The van der Waals surface area contributed by atoms with E-state index in [1.54, 1.807) is 18.2 Å². The summed E-state index contributed by atoms with van der Waals surface area (Å²) >= 11 is 10.5. The molecule has 1 atom stereocenters. The van der Waals surface area contributed by atoms with E-state index in [9.17, 15) is 9.50 Å². The first kappa shape index (κ1) is 13.0. The van der Waals surface area contributed by atoms with E-state index in [0.29, 0.717) is 10.8 Å². The van der Waals surface area contributed by atoms with E-state index < -0.39 is 6.10 Å². The van der Waals surface area contributed by atoms with Crippen LogP contribution in [0.3, 0.4) is 0 Å². The predicted molar refractivity (Wildman–Crippen MR) is 72.1 cm³/mol. The minimum absolute atomic E-state index is 0.306. The number of aliphatic hydroxyl groups is 1. The monoisotopic (exact) mass is 334 g/mol. The van der Waals surface area contributed by atoms with Crippen LogP contribution in [0.25, 0.3) is 0 Å². The molecular weight excluding hydrogens is 327 g/mol. The zero-order chi connectivity index (χ0) is 12.4. The van der Waals surface area contributed by atoms with Crippen LogP contribution in [0.2, 0.25) is 4.34 Å². The molecule has 1 nitrogen and oxygen atoms in total. The molecule has 0 aliphatic rings. The van der Waals surface area contributed by atoms with Gasteiger partial charge in [-0.25, -0.2) is 4.39 Å². The summed E-state index contributed by atoms with van der Waals surface area (Å²) in [6, 6.07) is 7.96. The molecule has 2 aromatic rings. The highest BCUT2D eigenvalue weighted by Gasteiger charge is 2.13. The van der Waals surface area contributed by atoms with E-state index in [0.717, 1.165) is 14.9 Å². The zero-order valence-corrected chi connectivity index (χ0v) is 11.8. The largest absolute Gasteiger partial charge is 0.387 e. The van der Waals surface area contributed by atoms with Crippen LogP contribution in [0, 0.1) is 5.82 Å². The molecular formula is C12H9BrClFOS. The van der Waals surface area contributed by atoms with E-state index in [-0.39, 0.29) is 5.82 Å². The average Bonchev–Trinajstić information content (AvgIpc) is 2.70. The lowest BCUT2D eigenvalue weighted by Gasteiger charge is -2.10. The molecule has 1 N–H and O–H groups in total. The molecule has 0 fully saturated rings. The van der Waals surface area contributed by atoms with Gasteiger partial charge in [0.1, 0.15) is 5.82 Å². The molecule has 0 bridgehead atoms. The van der Waals surface area contributed by atoms with E-state index in [1.807, 2.05) is 0 Å². The molecule has 0 aliphatic carbocycles. The van der Waals surface area contributed by atoms with Crippen molar-refractivity contribution in [2.45, 2.75) is 12.5 Å². The smallest absolute Gasteiger partial charge is 0.123 e. The van der Waals surface area contributed by atoms with Crippen molar-refractivity contribution in [3.8, 4) is 0 Å². The Balaban J connectivity index is 2.18. The first-order valence-electron chi connectivity index (χ1n) is 4.93. The van der Waals surface area contributed by atoms with Crippen LogP contribution in [-0.4, -0.2) is 5.11 Å². The Kier molecular flexibility index (Phi) is 4.20. The lowest BCUT2D eigenvalue weighted by atomic mass is 10.1. The molecule has 0 aliphatic heterocycles. The fourth-order valence-electron chi connectivity index (χ4n) is 1.52. The number of halogens is 3. The lowest BCUT2D eigenvalue weighted by molar-refractivity contribution is 0.182. The van der Waals surface area contributed by atoms with Gasteiger partial charge in [-0.15, -0.1) is 11.3 Å². The molecule has 1 heterocycles. The molecule has 0 saturated heterocycles. The Morgan fingerprint density at radius 3 is 2.76 bits per heavy atom. The van der Waals surface area contributed by atoms with Gasteiger partial charge >= 0.3 is 0 Å². The Morgan fingerprint density at radius 1 is 1.35 bits per heavy atom. The van der Waals surface area contributed by atoms with Gasteiger partial charge in [-0.3, -0.25) is 0 Å². The molecule has 0 saturated carbocycles. The van der Waals surface area contributed by atoms with E-state index in [1.165, 1.54) is 23.5 Å². The summed E-state index contributed by atoms with van der Waals surface area (Å²) in [5.74, 6) is -0.306. The SMILES string of the molecule is OC(Cc1cc(F)ccc1Br)c1ccc(Cl)s1. The van der Waals surface area contributed by atoms with Crippen molar-refractivity contribution in [1.29, 1.82) is 0 Å². The fraction of sp³-hybridized carbons (Fsp3) is 0.167. The van der Waals surface area contributed by atoms with Crippen LogP contribution in [0.1, 0.15) is 16.5 Å². The van der Waals surface area contributed by atoms with Crippen LogP contribution in [-0.2, 0) is 6.42 Å². The Bertz CT molecular complexity index is 529. The minimum atomic E-state index is -0.661. The summed E-state index contributed by atoms with van der Waals surface area (Å²) in [5, 5.41) is 10.0. The van der Waals surface area contributed by atoms with Gasteiger partial charge < -0.3 is 5.11 Å². The Morgan fingerprint density at radius 2 is 2.12 bits per heavy atom. The quantitative estimate of drug-likeness (QED) is 0.870. The third-order valence-corrected chi connectivity index (χ3v) is 4.45. The second kappa shape index (κ2) is 5.48. The zero-order valence-electron chi connectivity index (χ0n) is 8.66. The third-order valence-electron chi connectivity index (χ3n) is 2.34. The van der Waals surface area contributed by atoms with Crippen molar-refractivity contribution in [3.63, 3.8) is 0 Å². The van der Waals surface area contributed by atoms with Crippen LogP contribution in [0.15, 0.2) is 34.8 Å². The molecule has 0 radical (unpaired) electrons. The van der Waals surface area contributed by atoms with Gasteiger partial charge in [0.25, 0.3) is 0 Å². The maximum atomic E-state index is 13.1. The Hall–Kier alpha value is -0.420. The minimum Gasteiger partial charge on any atom is -0.387 e. The maximum absolute atomic E-state index is 13.1. The summed E-state index contributed by atoms with van der Waals surface area (Å²) in [6.07, 6.45) is -0.305. The molecule has 17 heavy (non-hydrogen) atoms. The van der Waals surface area contributed by atoms with Gasteiger partial charge in [-0.1, -0.05) is 27.5 Å². The van der Waals surface area contributed by atoms with Crippen LogP contribution < -0.4 is 0 Å². The first-order valence-corrected chi connectivity index (χ1v) is 6.92. The third kappa shape index (κ3) is 3.28. The number of rotatable bonds is 3. The van der Waals surface area contributed by atoms with Crippen molar-refractivity contribution < 1.29 is 9.50 Å². The molecule has 2 rings (SSSR count). The van der Waals surface area contributed by atoms with Crippen LogP contribution in [0.5, 0.6) is 0 Å². The first-order chi connectivity index (χ1) is 8.06. The van der Waals surface area contributed by atoms with E-state index in [2.05, 4.69) is 15.9 Å². The second-order valence-electron chi connectivity index (χ2n) is 3.60. The maximum Gasteiger partial charge on any atom is 0.123 e. The van der Waals surface area contributed by atoms with Gasteiger partial charge in [0.2, 0.25) is 0 Å². The summed E-state index contributed by atoms with van der Waals surface area (Å²) in [5.41, 5.74) is 0.738. The average molecular weight is 336 g/mol. The number of thiophene rings is 1. The van der Waals surface area contributed by atoms with Crippen LogP contribution in [0.4, 0.5) is 4.39 Å². The molecule has 5 heteroatoms.